The van der Waals surface area contributed by atoms with E-state index < -0.39 is 6.10 Å². The van der Waals surface area contributed by atoms with Crippen LogP contribution in [0.1, 0.15) is 11.7 Å². The van der Waals surface area contributed by atoms with Crippen LogP contribution >= 0.6 is 31.9 Å². The second-order valence-electron chi connectivity index (χ2n) is 4.55. The van der Waals surface area contributed by atoms with Crippen LogP contribution in [0.3, 0.4) is 0 Å². The van der Waals surface area contributed by atoms with Gasteiger partial charge in [-0.25, -0.2) is 0 Å². The standard InChI is InChI=1S/C16H12Br2O/c17-9-16(19)15-7-10-3-1-2-4-12(10)14-8-11(18)5-6-13(14)15/h1-8,16,19H,9H2. The van der Waals surface area contributed by atoms with Gasteiger partial charge in [0.1, 0.15) is 0 Å². The van der Waals surface area contributed by atoms with Crippen molar-refractivity contribution in [2.45, 2.75) is 6.10 Å². The Labute approximate surface area is 128 Å². The molecule has 0 radical (unpaired) electrons. The molecule has 0 amide bonds. The molecule has 3 rings (SSSR count). The SMILES string of the molecule is OC(CBr)c1cc2ccccc2c2cc(Br)ccc12. The second kappa shape index (κ2) is 5.23. The normalized spacial score (nSPS) is 13.0. The maximum absolute atomic E-state index is 10.2. The van der Waals surface area contributed by atoms with E-state index in [0.717, 1.165) is 20.8 Å². The zero-order valence-electron chi connectivity index (χ0n) is 10.1. The maximum atomic E-state index is 10.2. The predicted octanol–water partition coefficient (Wildman–Crippen LogP) is 5.18. The molecule has 3 heteroatoms. The van der Waals surface area contributed by atoms with Crippen molar-refractivity contribution >= 4 is 53.4 Å². The van der Waals surface area contributed by atoms with E-state index in [4.69, 9.17) is 0 Å². The van der Waals surface area contributed by atoms with Crippen molar-refractivity contribution in [1.29, 1.82) is 0 Å². The topological polar surface area (TPSA) is 20.2 Å². The Hall–Kier alpha value is -0.900. The summed E-state index contributed by atoms with van der Waals surface area (Å²) in [5.74, 6) is 0. The number of fused-ring (bicyclic) bond motifs is 3. The van der Waals surface area contributed by atoms with Crippen molar-refractivity contribution in [3.8, 4) is 0 Å². The van der Waals surface area contributed by atoms with Gasteiger partial charge >= 0.3 is 0 Å². The highest BCUT2D eigenvalue weighted by Gasteiger charge is 2.12. The van der Waals surface area contributed by atoms with Gasteiger partial charge in [0.25, 0.3) is 0 Å². The first-order valence-electron chi connectivity index (χ1n) is 6.05. The largest absolute Gasteiger partial charge is 0.388 e. The average Bonchev–Trinajstić information content (AvgIpc) is 2.45. The minimum Gasteiger partial charge on any atom is -0.388 e. The summed E-state index contributed by atoms with van der Waals surface area (Å²) in [6.07, 6.45) is -0.492. The Morgan fingerprint density at radius 1 is 0.947 bits per heavy atom. The maximum Gasteiger partial charge on any atom is 0.0893 e. The van der Waals surface area contributed by atoms with Gasteiger partial charge in [-0.15, -0.1) is 0 Å². The molecule has 1 atom stereocenters. The van der Waals surface area contributed by atoms with Crippen molar-refractivity contribution in [3.63, 3.8) is 0 Å². The first-order valence-corrected chi connectivity index (χ1v) is 7.97. The monoisotopic (exact) mass is 378 g/mol. The molecule has 0 aliphatic rings. The number of aliphatic hydroxyl groups is 1. The predicted molar refractivity (Wildman–Crippen MR) is 87.9 cm³/mol. The first kappa shape index (κ1) is 13.1. The van der Waals surface area contributed by atoms with E-state index in [9.17, 15) is 5.11 Å². The molecule has 3 aromatic rings. The van der Waals surface area contributed by atoms with Crippen LogP contribution < -0.4 is 0 Å². The van der Waals surface area contributed by atoms with Crippen molar-refractivity contribution in [1.82, 2.24) is 0 Å². The highest BCUT2D eigenvalue weighted by atomic mass is 79.9. The van der Waals surface area contributed by atoms with Gasteiger partial charge in [-0.2, -0.15) is 0 Å². The third-order valence-electron chi connectivity index (χ3n) is 3.36. The Balaban J connectivity index is 2.48. The zero-order valence-corrected chi connectivity index (χ0v) is 13.3. The molecule has 1 unspecified atom stereocenters. The fourth-order valence-corrected chi connectivity index (χ4v) is 3.17. The number of rotatable bonds is 2. The lowest BCUT2D eigenvalue weighted by Crippen LogP contribution is -1.99. The molecule has 0 aliphatic heterocycles. The molecular formula is C16H12Br2O. The van der Waals surface area contributed by atoms with Crippen molar-refractivity contribution in [2.24, 2.45) is 0 Å². The summed E-state index contributed by atoms with van der Waals surface area (Å²) in [5, 5.41) is 15.4. The van der Waals surface area contributed by atoms with Crippen molar-refractivity contribution in [3.05, 3.63) is 58.6 Å². The molecule has 0 aliphatic carbocycles. The minimum absolute atomic E-state index is 0.492. The number of hydrogen-bond acceptors (Lipinski definition) is 1. The summed E-state index contributed by atoms with van der Waals surface area (Å²) in [6, 6.07) is 16.5. The highest BCUT2D eigenvalue weighted by molar-refractivity contribution is 9.10. The number of aliphatic hydroxyl groups excluding tert-OH is 1. The van der Waals surface area contributed by atoms with Crippen LogP contribution in [0.5, 0.6) is 0 Å². The molecule has 3 aromatic carbocycles. The van der Waals surface area contributed by atoms with Crippen LogP contribution in [0.2, 0.25) is 0 Å². The quantitative estimate of drug-likeness (QED) is 0.480. The number of halogens is 2. The Morgan fingerprint density at radius 2 is 1.74 bits per heavy atom. The summed E-state index contributed by atoms with van der Waals surface area (Å²) in [6.45, 7) is 0. The fourth-order valence-electron chi connectivity index (χ4n) is 2.46. The molecule has 1 N–H and O–H groups in total. The van der Waals surface area contributed by atoms with Crippen LogP contribution in [0.25, 0.3) is 21.5 Å². The number of alkyl halides is 1. The van der Waals surface area contributed by atoms with E-state index in [0.29, 0.717) is 5.33 Å². The Bertz CT molecular complexity index is 752. The molecular weight excluding hydrogens is 368 g/mol. The molecule has 0 aromatic heterocycles. The Kier molecular flexibility index (Phi) is 3.61. The summed E-state index contributed by atoms with van der Waals surface area (Å²) in [7, 11) is 0. The second-order valence-corrected chi connectivity index (χ2v) is 6.11. The molecule has 19 heavy (non-hydrogen) atoms. The van der Waals surface area contributed by atoms with Crippen LogP contribution in [-0.2, 0) is 0 Å². The Morgan fingerprint density at radius 3 is 2.53 bits per heavy atom. The van der Waals surface area contributed by atoms with Gasteiger partial charge < -0.3 is 5.11 Å². The van der Waals surface area contributed by atoms with Gasteiger partial charge in [-0.1, -0.05) is 62.2 Å². The van der Waals surface area contributed by atoms with Crippen molar-refractivity contribution < 1.29 is 5.11 Å². The lowest BCUT2D eigenvalue weighted by molar-refractivity contribution is 0.207. The zero-order chi connectivity index (χ0) is 13.4. The van der Waals surface area contributed by atoms with E-state index in [1.54, 1.807) is 0 Å². The van der Waals surface area contributed by atoms with Crippen LogP contribution in [0.4, 0.5) is 0 Å². The van der Waals surface area contributed by atoms with Crippen LogP contribution in [-0.4, -0.2) is 10.4 Å². The molecule has 0 heterocycles. The molecule has 0 spiro atoms. The summed E-state index contributed by atoms with van der Waals surface area (Å²) in [4.78, 5) is 0. The first-order chi connectivity index (χ1) is 9.20. The number of hydrogen-bond donors (Lipinski definition) is 1. The summed E-state index contributed by atoms with van der Waals surface area (Å²) in [5.41, 5.74) is 0.970. The highest BCUT2D eigenvalue weighted by Crippen LogP contribution is 2.34. The van der Waals surface area contributed by atoms with Crippen LogP contribution in [0.15, 0.2) is 53.0 Å². The van der Waals surface area contributed by atoms with E-state index in [1.165, 1.54) is 10.8 Å². The van der Waals surface area contributed by atoms with E-state index in [-0.39, 0.29) is 0 Å². The van der Waals surface area contributed by atoms with E-state index in [2.05, 4.69) is 62.2 Å². The van der Waals surface area contributed by atoms with Crippen LogP contribution in [0, 0.1) is 0 Å². The molecule has 0 bridgehead atoms. The fraction of sp³-hybridized carbons (Fsp3) is 0.125. The minimum atomic E-state index is -0.492. The molecule has 0 saturated carbocycles. The molecule has 0 fully saturated rings. The number of benzene rings is 3. The lowest BCUT2D eigenvalue weighted by Gasteiger charge is -2.14. The smallest absolute Gasteiger partial charge is 0.0893 e. The lowest BCUT2D eigenvalue weighted by atomic mass is 9.95. The average molecular weight is 380 g/mol. The van der Waals surface area contributed by atoms with Gasteiger partial charge in [0, 0.05) is 9.80 Å². The molecule has 0 saturated heterocycles. The summed E-state index contributed by atoms with van der Waals surface area (Å²) >= 11 is 6.88. The van der Waals surface area contributed by atoms with Gasteiger partial charge in [0.05, 0.1) is 6.10 Å². The molecule has 1 nitrogen and oxygen atoms in total. The van der Waals surface area contributed by atoms with Gasteiger partial charge in [-0.3, -0.25) is 0 Å². The van der Waals surface area contributed by atoms with Crippen molar-refractivity contribution in [2.75, 3.05) is 5.33 Å². The van der Waals surface area contributed by atoms with E-state index >= 15 is 0 Å². The van der Waals surface area contributed by atoms with Gasteiger partial charge in [-0.05, 0) is 45.3 Å². The van der Waals surface area contributed by atoms with Gasteiger partial charge in [0.15, 0.2) is 0 Å². The third-order valence-corrected chi connectivity index (χ3v) is 4.47. The van der Waals surface area contributed by atoms with Gasteiger partial charge in [0.2, 0.25) is 0 Å². The third kappa shape index (κ3) is 2.31. The summed E-state index contributed by atoms with van der Waals surface area (Å²) < 4.78 is 1.05. The molecule has 96 valence electrons. The van der Waals surface area contributed by atoms with E-state index in [1.807, 2.05) is 18.2 Å².